The molecule has 0 aliphatic carbocycles. The zero-order chi connectivity index (χ0) is 10.7. The lowest BCUT2D eigenvalue weighted by Gasteiger charge is -2.22. The van der Waals surface area contributed by atoms with Crippen LogP contribution in [-0.4, -0.2) is 26.3 Å². The van der Waals surface area contributed by atoms with Gasteiger partial charge >= 0.3 is 0 Å². The van der Waals surface area contributed by atoms with Gasteiger partial charge in [-0.15, -0.1) is 0 Å². The van der Waals surface area contributed by atoms with E-state index >= 15 is 0 Å². The maximum Gasteiger partial charge on any atom is 0.0641 e. The summed E-state index contributed by atoms with van der Waals surface area (Å²) in [5, 5.41) is 0. The van der Waals surface area contributed by atoms with Crippen molar-refractivity contribution >= 4 is 21.6 Å². The van der Waals surface area contributed by atoms with Crippen molar-refractivity contribution in [2.24, 2.45) is 0 Å². The Morgan fingerprint density at radius 1 is 1.27 bits per heavy atom. The summed E-state index contributed by atoms with van der Waals surface area (Å²) in [7, 11) is 0. The van der Waals surface area contributed by atoms with Gasteiger partial charge in [-0.1, -0.05) is 15.9 Å². The summed E-state index contributed by atoms with van der Waals surface area (Å²) in [6.07, 6.45) is 1.12. The fraction of sp³-hybridized carbons (Fsp3) is 0.500. The Morgan fingerprint density at radius 3 is 2.93 bits per heavy atom. The van der Waals surface area contributed by atoms with Crippen molar-refractivity contribution in [3.63, 3.8) is 0 Å². The number of aryl methyl sites for hydroxylation is 1. The number of halogens is 1. The van der Waals surface area contributed by atoms with Crippen LogP contribution >= 0.6 is 15.9 Å². The molecule has 82 valence electrons. The lowest BCUT2D eigenvalue weighted by molar-refractivity contribution is 0.152. The Kier molecular flexibility index (Phi) is 3.65. The van der Waals surface area contributed by atoms with E-state index in [0.717, 1.165) is 32.7 Å². The van der Waals surface area contributed by atoms with Gasteiger partial charge in [0.05, 0.1) is 6.61 Å². The molecule has 15 heavy (non-hydrogen) atoms. The molecule has 1 aliphatic rings. The van der Waals surface area contributed by atoms with Gasteiger partial charge in [-0.05, 0) is 37.1 Å². The molecule has 0 bridgehead atoms. The molecule has 0 aromatic heterocycles. The minimum absolute atomic E-state index is 0.842. The summed E-state index contributed by atoms with van der Waals surface area (Å²) in [5.74, 6) is 0. The third-order valence-corrected chi connectivity index (χ3v) is 3.62. The molecule has 1 saturated heterocycles. The number of anilines is 1. The van der Waals surface area contributed by atoms with Crippen LogP contribution in [0.2, 0.25) is 0 Å². The van der Waals surface area contributed by atoms with Crippen LogP contribution in [0.4, 0.5) is 5.69 Å². The zero-order valence-corrected chi connectivity index (χ0v) is 10.6. The summed E-state index contributed by atoms with van der Waals surface area (Å²) in [4.78, 5) is 2.40. The SMILES string of the molecule is Cc1cc(N2CCCOCC2)ccc1Br. The largest absolute Gasteiger partial charge is 0.380 e. The van der Waals surface area contributed by atoms with Crippen LogP contribution < -0.4 is 4.90 Å². The minimum Gasteiger partial charge on any atom is -0.380 e. The molecule has 1 aromatic carbocycles. The Bertz CT molecular complexity index is 332. The van der Waals surface area contributed by atoms with Crippen molar-refractivity contribution in [3.05, 3.63) is 28.2 Å². The number of hydrogen-bond acceptors (Lipinski definition) is 2. The van der Waals surface area contributed by atoms with Crippen LogP contribution in [0.5, 0.6) is 0 Å². The summed E-state index contributed by atoms with van der Waals surface area (Å²) in [5.41, 5.74) is 2.60. The molecule has 1 heterocycles. The van der Waals surface area contributed by atoms with Gasteiger partial charge in [-0.2, -0.15) is 0 Å². The van der Waals surface area contributed by atoms with Crippen molar-refractivity contribution in [2.75, 3.05) is 31.2 Å². The highest BCUT2D eigenvalue weighted by molar-refractivity contribution is 9.10. The standard InChI is InChI=1S/C12H16BrNO/c1-10-9-11(3-4-12(10)13)14-5-2-7-15-8-6-14/h3-4,9H,2,5-8H2,1H3. The highest BCUT2D eigenvalue weighted by Gasteiger charge is 2.10. The van der Waals surface area contributed by atoms with Crippen molar-refractivity contribution in [3.8, 4) is 0 Å². The monoisotopic (exact) mass is 269 g/mol. The second-order valence-electron chi connectivity index (χ2n) is 3.89. The van der Waals surface area contributed by atoms with Crippen LogP contribution in [0.15, 0.2) is 22.7 Å². The van der Waals surface area contributed by atoms with E-state index in [1.807, 2.05) is 0 Å². The first-order chi connectivity index (χ1) is 7.27. The van der Waals surface area contributed by atoms with E-state index in [1.165, 1.54) is 15.7 Å². The van der Waals surface area contributed by atoms with E-state index in [2.05, 4.69) is 46.0 Å². The number of hydrogen-bond donors (Lipinski definition) is 0. The fourth-order valence-electron chi connectivity index (χ4n) is 1.83. The van der Waals surface area contributed by atoms with Gasteiger partial charge in [-0.3, -0.25) is 0 Å². The maximum atomic E-state index is 5.45. The predicted octanol–water partition coefficient (Wildman–Crippen LogP) is 2.98. The van der Waals surface area contributed by atoms with Gasteiger partial charge in [0.15, 0.2) is 0 Å². The molecule has 0 N–H and O–H groups in total. The first kappa shape index (κ1) is 11.0. The topological polar surface area (TPSA) is 12.5 Å². The maximum absolute atomic E-state index is 5.45. The molecular formula is C12H16BrNO. The van der Waals surface area contributed by atoms with Gasteiger partial charge in [0.25, 0.3) is 0 Å². The Balaban J connectivity index is 2.16. The van der Waals surface area contributed by atoms with Crippen LogP contribution in [0.3, 0.4) is 0 Å². The number of rotatable bonds is 1. The molecule has 0 radical (unpaired) electrons. The van der Waals surface area contributed by atoms with E-state index in [1.54, 1.807) is 0 Å². The van der Waals surface area contributed by atoms with E-state index in [0.29, 0.717) is 0 Å². The lowest BCUT2D eigenvalue weighted by atomic mass is 10.2. The second-order valence-corrected chi connectivity index (χ2v) is 4.74. The van der Waals surface area contributed by atoms with E-state index in [-0.39, 0.29) is 0 Å². The summed E-state index contributed by atoms with van der Waals surface area (Å²) in [6.45, 7) is 5.96. The van der Waals surface area contributed by atoms with Gasteiger partial charge in [0.1, 0.15) is 0 Å². The highest BCUT2D eigenvalue weighted by atomic mass is 79.9. The molecule has 1 aromatic rings. The number of benzene rings is 1. The predicted molar refractivity (Wildman–Crippen MR) is 66.5 cm³/mol. The molecule has 2 rings (SSSR count). The quantitative estimate of drug-likeness (QED) is 0.777. The molecule has 2 nitrogen and oxygen atoms in total. The molecule has 0 unspecified atom stereocenters. The Morgan fingerprint density at radius 2 is 2.13 bits per heavy atom. The molecule has 0 spiro atoms. The van der Waals surface area contributed by atoms with Crippen molar-refractivity contribution < 1.29 is 4.74 Å². The number of nitrogens with zero attached hydrogens (tertiary/aromatic N) is 1. The molecule has 0 saturated carbocycles. The van der Waals surface area contributed by atoms with Gasteiger partial charge in [0.2, 0.25) is 0 Å². The van der Waals surface area contributed by atoms with E-state index in [9.17, 15) is 0 Å². The third kappa shape index (κ3) is 2.73. The average Bonchev–Trinajstić information content (AvgIpc) is 2.50. The highest BCUT2D eigenvalue weighted by Crippen LogP contribution is 2.23. The fourth-order valence-corrected chi connectivity index (χ4v) is 2.08. The number of ether oxygens (including phenoxy) is 1. The van der Waals surface area contributed by atoms with Crippen LogP contribution in [0, 0.1) is 6.92 Å². The van der Waals surface area contributed by atoms with E-state index in [4.69, 9.17) is 4.74 Å². The molecule has 0 amide bonds. The third-order valence-electron chi connectivity index (χ3n) is 2.73. The molecular weight excluding hydrogens is 254 g/mol. The van der Waals surface area contributed by atoms with Crippen LogP contribution in [0.1, 0.15) is 12.0 Å². The summed E-state index contributed by atoms with van der Waals surface area (Å²) < 4.78 is 6.63. The van der Waals surface area contributed by atoms with Crippen molar-refractivity contribution in [1.29, 1.82) is 0 Å². The zero-order valence-electron chi connectivity index (χ0n) is 9.00. The van der Waals surface area contributed by atoms with Gasteiger partial charge in [0, 0.05) is 29.9 Å². The smallest absolute Gasteiger partial charge is 0.0641 e. The lowest BCUT2D eigenvalue weighted by Crippen LogP contribution is -2.25. The van der Waals surface area contributed by atoms with Gasteiger partial charge < -0.3 is 9.64 Å². The summed E-state index contributed by atoms with van der Waals surface area (Å²) >= 11 is 3.53. The summed E-state index contributed by atoms with van der Waals surface area (Å²) in [6, 6.07) is 6.52. The van der Waals surface area contributed by atoms with Gasteiger partial charge in [-0.25, -0.2) is 0 Å². The van der Waals surface area contributed by atoms with Crippen LogP contribution in [-0.2, 0) is 4.74 Å². The van der Waals surface area contributed by atoms with Crippen molar-refractivity contribution in [1.82, 2.24) is 0 Å². The normalized spacial score (nSPS) is 17.6. The molecule has 0 atom stereocenters. The first-order valence-corrected chi connectivity index (χ1v) is 6.15. The van der Waals surface area contributed by atoms with E-state index < -0.39 is 0 Å². The molecule has 1 fully saturated rings. The first-order valence-electron chi connectivity index (χ1n) is 5.36. The minimum atomic E-state index is 0.842. The van der Waals surface area contributed by atoms with Crippen molar-refractivity contribution in [2.45, 2.75) is 13.3 Å². The Labute approximate surface area is 99.4 Å². The second kappa shape index (κ2) is 4.99. The molecule has 3 heteroatoms. The van der Waals surface area contributed by atoms with Crippen LogP contribution in [0.25, 0.3) is 0 Å². The average molecular weight is 270 g/mol. The Hall–Kier alpha value is -0.540. The molecule has 1 aliphatic heterocycles.